The van der Waals surface area contributed by atoms with Crippen molar-refractivity contribution in [1.29, 1.82) is 0 Å². The van der Waals surface area contributed by atoms with Crippen LogP contribution in [-0.4, -0.2) is 59.8 Å². The van der Waals surface area contributed by atoms with E-state index in [1.54, 1.807) is 12.4 Å². The number of rotatable bonds is 8. The summed E-state index contributed by atoms with van der Waals surface area (Å²) in [4.78, 5) is 31.0. The molecule has 1 aromatic carbocycles. The zero-order valence-corrected chi connectivity index (χ0v) is 21.1. The van der Waals surface area contributed by atoms with Crippen LogP contribution in [0.5, 0.6) is 0 Å². The quantitative estimate of drug-likeness (QED) is 0.484. The van der Waals surface area contributed by atoms with Crippen LogP contribution in [0.1, 0.15) is 50.5 Å². The van der Waals surface area contributed by atoms with Crippen molar-refractivity contribution in [2.75, 3.05) is 26.7 Å². The molecule has 2 aliphatic rings. The Balaban J connectivity index is 1.61. The van der Waals surface area contributed by atoms with Crippen LogP contribution in [0.15, 0.2) is 48.8 Å². The first-order valence-corrected chi connectivity index (χ1v) is 13.0. The lowest BCUT2D eigenvalue weighted by molar-refractivity contribution is -0.140. The van der Waals surface area contributed by atoms with E-state index in [1.165, 1.54) is 7.11 Å². The van der Waals surface area contributed by atoms with Crippen molar-refractivity contribution >= 4 is 12.0 Å². The number of likely N-dealkylation sites (tertiary alicyclic amines) is 1. The number of benzene rings is 1. The highest BCUT2D eigenvalue weighted by Crippen LogP contribution is 2.43. The van der Waals surface area contributed by atoms with Gasteiger partial charge in [-0.25, -0.2) is 4.79 Å². The van der Waals surface area contributed by atoms with Crippen LogP contribution >= 0.6 is 0 Å². The van der Waals surface area contributed by atoms with Crippen molar-refractivity contribution in [3.8, 4) is 11.1 Å². The lowest BCUT2D eigenvalue weighted by atomic mass is 9.72. The average molecular weight is 495 g/mol. The molecule has 0 bridgehead atoms. The Bertz CT molecular complexity index is 1030. The Morgan fingerprint density at radius 2 is 1.97 bits per heavy atom. The summed E-state index contributed by atoms with van der Waals surface area (Å²) in [6.07, 6.45) is 8.17. The van der Waals surface area contributed by atoms with Gasteiger partial charge in [-0.3, -0.25) is 9.78 Å². The van der Waals surface area contributed by atoms with Crippen molar-refractivity contribution < 1.29 is 19.4 Å². The Kier molecular flexibility index (Phi) is 8.59. The molecule has 0 spiro atoms. The van der Waals surface area contributed by atoms with Gasteiger partial charge in [0.15, 0.2) is 0 Å². The van der Waals surface area contributed by atoms with E-state index in [0.29, 0.717) is 32.5 Å². The molecule has 36 heavy (non-hydrogen) atoms. The lowest BCUT2D eigenvalue weighted by Gasteiger charge is -2.44. The van der Waals surface area contributed by atoms with E-state index >= 15 is 0 Å². The second-order valence-corrected chi connectivity index (χ2v) is 10.1. The molecular formula is C28H38N4O4. The SMILES string of the molecule is COC(=O)NCCCC(O)(c1ccccc1-c1ccncc1)C1CCCN(C(=O)[C@@H]2CC[C@H](N)C2)C1. The third-order valence-electron chi connectivity index (χ3n) is 7.81. The second-order valence-electron chi connectivity index (χ2n) is 10.1. The molecule has 2 unspecified atom stereocenters. The molecule has 2 fully saturated rings. The molecule has 4 atom stereocenters. The summed E-state index contributed by atoms with van der Waals surface area (Å²) >= 11 is 0. The van der Waals surface area contributed by atoms with Gasteiger partial charge in [0.2, 0.25) is 5.91 Å². The van der Waals surface area contributed by atoms with Gasteiger partial charge >= 0.3 is 6.09 Å². The topological polar surface area (TPSA) is 118 Å². The number of methoxy groups -OCH3 is 1. The minimum Gasteiger partial charge on any atom is -0.453 e. The number of nitrogens with one attached hydrogen (secondary N) is 1. The highest BCUT2D eigenvalue weighted by Gasteiger charge is 2.43. The van der Waals surface area contributed by atoms with E-state index in [1.807, 2.05) is 41.3 Å². The zero-order chi connectivity index (χ0) is 25.5. The van der Waals surface area contributed by atoms with Crippen molar-refractivity contribution in [2.24, 2.45) is 17.6 Å². The molecule has 8 nitrogen and oxygen atoms in total. The Morgan fingerprint density at radius 3 is 2.69 bits per heavy atom. The number of carbonyl (C=O) groups is 2. The zero-order valence-electron chi connectivity index (χ0n) is 21.1. The van der Waals surface area contributed by atoms with E-state index in [2.05, 4.69) is 15.0 Å². The average Bonchev–Trinajstić information content (AvgIpc) is 3.37. The third kappa shape index (κ3) is 5.87. The first-order chi connectivity index (χ1) is 17.4. The molecule has 1 aliphatic carbocycles. The largest absolute Gasteiger partial charge is 0.453 e. The summed E-state index contributed by atoms with van der Waals surface area (Å²) < 4.78 is 4.69. The second kappa shape index (κ2) is 11.8. The molecule has 2 heterocycles. The van der Waals surface area contributed by atoms with Gasteiger partial charge in [-0.2, -0.15) is 0 Å². The molecule has 0 radical (unpaired) electrons. The van der Waals surface area contributed by atoms with Crippen molar-refractivity contribution in [3.63, 3.8) is 0 Å². The number of amides is 2. The highest BCUT2D eigenvalue weighted by atomic mass is 16.5. The minimum atomic E-state index is -1.18. The Labute approximate surface area is 213 Å². The first kappa shape index (κ1) is 26.1. The van der Waals surface area contributed by atoms with Gasteiger partial charge in [-0.1, -0.05) is 24.3 Å². The Hall–Kier alpha value is -2.97. The van der Waals surface area contributed by atoms with Crippen molar-refractivity contribution in [3.05, 3.63) is 54.4 Å². The number of pyridine rings is 1. The molecule has 2 aromatic rings. The van der Waals surface area contributed by atoms with Crippen LogP contribution in [0.4, 0.5) is 4.79 Å². The monoisotopic (exact) mass is 494 g/mol. The number of nitrogens with zero attached hydrogens (tertiary/aromatic N) is 2. The number of hydrogen-bond donors (Lipinski definition) is 3. The molecular weight excluding hydrogens is 456 g/mol. The van der Waals surface area contributed by atoms with Crippen molar-refractivity contribution in [1.82, 2.24) is 15.2 Å². The van der Waals surface area contributed by atoms with Gasteiger partial charge in [0.1, 0.15) is 0 Å². The fraction of sp³-hybridized carbons (Fsp3) is 0.536. The summed E-state index contributed by atoms with van der Waals surface area (Å²) in [5.74, 6) is 0.0244. The predicted molar refractivity (Wildman–Crippen MR) is 138 cm³/mol. The fourth-order valence-corrected chi connectivity index (χ4v) is 5.89. The maximum Gasteiger partial charge on any atom is 0.406 e. The summed E-state index contributed by atoms with van der Waals surface area (Å²) in [7, 11) is 1.33. The summed E-state index contributed by atoms with van der Waals surface area (Å²) in [5.41, 5.74) is 7.68. The summed E-state index contributed by atoms with van der Waals surface area (Å²) in [6, 6.07) is 11.9. The first-order valence-electron chi connectivity index (χ1n) is 13.0. The number of hydrogen-bond acceptors (Lipinski definition) is 6. The number of aromatic nitrogens is 1. The molecule has 194 valence electrons. The van der Waals surface area contributed by atoms with Crippen LogP contribution in [0.2, 0.25) is 0 Å². The predicted octanol–water partition coefficient (Wildman–Crippen LogP) is 3.44. The lowest BCUT2D eigenvalue weighted by Crippen LogP contribution is -2.49. The van der Waals surface area contributed by atoms with Gasteiger partial charge in [0, 0.05) is 49.9 Å². The van der Waals surface area contributed by atoms with Crippen LogP contribution < -0.4 is 11.1 Å². The van der Waals surface area contributed by atoms with Gasteiger partial charge in [-0.15, -0.1) is 0 Å². The number of ether oxygens (including phenoxy) is 1. The molecule has 1 aromatic heterocycles. The standard InChI is InChI=1S/C28H38N4O4/c1-36-27(34)31-14-5-13-28(35,25-8-3-2-7-24(25)20-11-15-30-16-12-20)22-6-4-17-32(19-22)26(33)21-9-10-23(29)18-21/h2-3,7-8,11-12,15-16,21-23,35H,4-6,9-10,13-14,17-19,29H2,1H3,(H,31,34)/t21-,22?,23+,28?/m1/s1. The van der Waals surface area contributed by atoms with Crippen molar-refractivity contribution in [2.45, 2.75) is 56.6 Å². The fourth-order valence-electron chi connectivity index (χ4n) is 5.89. The van der Waals surface area contributed by atoms with Crippen LogP contribution in [-0.2, 0) is 15.1 Å². The summed E-state index contributed by atoms with van der Waals surface area (Å²) in [5, 5.41) is 15.2. The molecule has 8 heteroatoms. The number of carbonyl (C=O) groups excluding carboxylic acids is 2. The van der Waals surface area contributed by atoms with Gasteiger partial charge in [-0.05, 0) is 73.8 Å². The van der Waals surface area contributed by atoms with Gasteiger partial charge < -0.3 is 25.8 Å². The van der Waals surface area contributed by atoms with E-state index in [9.17, 15) is 14.7 Å². The van der Waals surface area contributed by atoms with Crippen LogP contribution in [0.25, 0.3) is 11.1 Å². The molecule has 1 saturated carbocycles. The number of alkyl carbamates (subject to hydrolysis) is 1. The van der Waals surface area contributed by atoms with Gasteiger partial charge in [0.05, 0.1) is 12.7 Å². The Morgan fingerprint density at radius 1 is 1.19 bits per heavy atom. The molecule has 4 rings (SSSR count). The van der Waals surface area contributed by atoms with E-state index in [-0.39, 0.29) is 23.8 Å². The normalized spacial score (nSPS) is 23.6. The molecule has 1 aliphatic heterocycles. The summed E-state index contributed by atoms with van der Waals surface area (Å²) in [6.45, 7) is 1.62. The highest BCUT2D eigenvalue weighted by molar-refractivity contribution is 5.79. The van der Waals surface area contributed by atoms with Gasteiger partial charge in [0.25, 0.3) is 0 Å². The van der Waals surface area contributed by atoms with E-state index < -0.39 is 11.7 Å². The maximum absolute atomic E-state index is 13.3. The minimum absolute atomic E-state index is 0.0137. The van der Waals surface area contributed by atoms with E-state index in [4.69, 9.17) is 5.73 Å². The number of nitrogens with two attached hydrogens (primary N) is 1. The molecule has 2 amide bonds. The van der Waals surface area contributed by atoms with Crippen LogP contribution in [0, 0.1) is 11.8 Å². The maximum atomic E-state index is 13.3. The van der Waals surface area contributed by atoms with Crippen LogP contribution in [0.3, 0.4) is 0 Å². The number of piperidine rings is 1. The molecule has 4 N–H and O–H groups in total. The molecule has 1 saturated heterocycles. The number of aliphatic hydroxyl groups is 1. The van der Waals surface area contributed by atoms with E-state index in [0.717, 1.165) is 48.8 Å². The smallest absolute Gasteiger partial charge is 0.406 e. The third-order valence-corrected chi connectivity index (χ3v) is 7.81.